The average Bonchev–Trinajstić information content (AvgIpc) is 2.76. The van der Waals surface area contributed by atoms with E-state index in [2.05, 4.69) is 21.2 Å². The molecule has 1 aliphatic rings. The van der Waals surface area contributed by atoms with Crippen LogP contribution in [-0.2, 0) is 4.79 Å². The highest BCUT2D eigenvalue weighted by Gasteiger charge is 2.20. The van der Waals surface area contributed by atoms with E-state index in [1.807, 2.05) is 19.2 Å². The third kappa shape index (κ3) is 3.53. The largest absolute Gasteiger partial charge is 0.317 e. The molecule has 0 atom stereocenters. The molecule has 2 heterocycles. The monoisotopic (exact) mass is 316 g/mol. The molecule has 3 nitrogen and oxygen atoms in total. The van der Waals surface area contributed by atoms with Gasteiger partial charge in [0.05, 0.1) is 8.79 Å². The molecule has 0 bridgehead atoms. The van der Waals surface area contributed by atoms with E-state index < -0.39 is 0 Å². The summed E-state index contributed by atoms with van der Waals surface area (Å²) in [4.78, 5) is 13.9. The van der Waals surface area contributed by atoms with Gasteiger partial charge < -0.3 is 10.2 Å². The van der Waals surface area contributed by atoms with Crippen LogP contribution in [0.15, 0.2) is 15.9 Å². The van der Waals surface area contributed by atoms with Crippen molar-refractivity contribution in [1.82, 2.24) is 5.32 Å². The molecule has 1 amide bonds. The maximum absolute atomic E-state index is 12.1. The predicted octanol–water partition coefficient (Wildman–Crippen LogP) is 2.86. The molecule has 5 heteroatoms. The lowest BCUT2D eigenvalue weighted by Crippen LogP contribution is -2.33. The molecule has 0 saturated carbocycles. The van der Waals surface area contributed by atoms with Crippen molar-refractivity contribution < 1.29 is 4.79 Å². The van der Waals surface area contributed by atoms with Gasteiger partial charge in [-0.1, -0.05) is 0 Å². The van der Waals surface area contributed by atoms with Gasteiger partial charge in [0.25, 0.3) is 0 Å². The lowest BCUT2D eigenvalue weighted by Gasteiger charge is -2.24. The Kier molecular flexibility index (Phi) is 4.59. The van der Waals surface area contributed by atoms with Gasteiger partial charge in [0.15, 0.2) is 0 Å². The normalized spacial score (nSPS) is 17.1. The molecule has 1 aliphatic heterocycles. The summed E-state index contributed by atoms with van der Waals surface area (Å²) in [6.07, 6.45) is 2.91. The first-order valence-corrected chi connectivity index (χ1v) is 7.50. The molecule has 0 unspecified atom stereocenters. The summed E-state index contributed by atoms with van der Waals surface area (Å²) < 4.78 is 1.06. The maximum Gasteiger partial charge on any atom is 0.227 e. The second kappa shape index (κ2) is 5.98. The summed E-state index contributed by atoms with van der Waals surface area (Å²) in [5, 5.41) is 4.33. The van der Waals surface area contributed by atoms with E-state index in [1.54, 1.807) is 16.2 Å². The quantitative estimate of drug-likeness (QED) is 0.930. The number of piperidine rings is 1. The van der Waals surface area contributed by atoms with Gasteiger partial charge in [0.2, 0.25) is 5.91 Å². The number of anilines is 1. The number of hydrogen-bond donors (Lipinski definition) is 1. The Morgan fingerprint density at radius 1 is 1.53 bits per heavy atom. The Bertz CT molecular complexity index is 388. The number of amides is 1. The molecular weight excluding hydrogens is 300 g/mol. The van der Waals surface area contributed by atoms with Gasteiger partial charge in [0, 0.05) is 13.5 Å². The van der Waals surface area contributed by atoms with E-state index in [0.29, 0.717) is 12.3 Å². The zero-order valence-electron chi connectivity index (χ0n) is 9.91. The fraction of sp³-hybridized carbons (Fsp3) is 0.583. The zero-order chi connectivity index (χ0) is 12.3. The first-order valence-electron chi connectivity index (χ1n) is 5.89. The van der Waals surface area contributed by atoms with E-state index in [9.17, 15) is 4.79 Å². The molecule has 0 radical (unpaired) electrons. The fourth-order valence-corrected chi connectivity index (χ4v) is 3.42. The molecule has 1 aromatic heterocycles. The van der Waals surface area contributed by atoms with Crippen molar-refractivity contribution in [2.45, 2.75) is 19.3 Å². The van der Waals surface area contributed by atoms with Crippen molar-refractivity contribution in [2.75, 3.05) is 25.0 Å². The standard InChI is InChI=1S/C12H17BrN2OS/c1-15(12-3-2-10(13)17-12)11(16)8-9-4-6-14-7-5-9/h2-3,9,14H,4-8H2,1H3. The summed E-state index contributed by atoms with van der Waals surface area (Å²) in [5.74, 6) is 0.779. The molecule has 17 heavy (non-hydrogen) atoms. The van der Waals surface area contributed by atoms with Crippen LogP contribution >= 0.6 is 27.3 Å². The highest BCUT2D eigenvalue weighted by atomic mass is 79.9. The minimum Gasteiger partial charge on any atom is -0.317 e. The second-order valence-corrected chi connectivity index (χ2v) is 6.87. The summed E-state index contributed by atoms with van der Waals surface area (Å²) in [6.45, 7) is 2.10. The second-order valence-electron chi connectivity index (χ2n) is 4.43. The van der Waals surface area contributed by atoms with Crippen LogP contribution in [0.5, 0.6) is 0 Å². The smallest absolute Gasteiger partial charge is 0.227 e. The molecule has 0 aromatic carbocycles. The Morgan fingerprint density at radius 3 is 2.82 bits per heavy atom. The van der Waals surface area contributed by atoms with Crippen molar-refractivity contribution in [3.05, 3.63) is 15.9 Å². The van der Waals surface area contributed by atoms with Gasteiger partial charge >= 0.3 is 0 Å². The summed E-state index contributed by atoms with van der Waals surface area (Å²) in [6, 6.07) is 3.96. The van der Waals surface area contributed by atoms with Crippen molar-refractivity contribution >= 4 is 38.2 Å². The van der Waals surface area contributed by atoms with Gasteiger partial charge in [-0.25, -0.2) is 0 Å². The maximum atomic E-state index is 12.1. The number of nitrogens with zero attached hydrogens (tertiary/aromatic N) is 1. The van der Waals surface area contributed by atoms with E-state index in [1.165, 1.54) is 0 Å². The fourth-order valence-electron chi connectivity index (χ4n) is 2.08. The van der Waals surface area contributed by atoms with Gasteiger partial charge in [-0.3, -0.25) is 4.79 Å². The lowest BCUT2D eigenvalue weighted by atomic mass is 9.94. The number of halogens is 1. The predicted molar refractivity (Wildman–Crippen MR) is 75.6 cm³/mol. The highest BCUT2D eigenvalue weighted by Crippen LogP contribution is 2.30. The van der Waals surface area contributed by atoms with E-state index in [0.717, 1.165) is 34.7 Å². The van der Waals surface area contributed by atoms with E-state index in [4.69, 9.17) is 0 Å². The van der Waals surface area contributed by atoms with E-state index in [-0.39, 0.29) is 5.91 Å². The Morgan fingerprint density at radius 2 is 2.24 bits per heavy atom. The average molecular weight is 317 g/mol. The number of rotatable bonds is 3. The van der Waals surface area contributed by atoms with Crippen LogP contribution in [0.25, 0.3) is 0 Å². The number of carbonyl (C=O) groups is 1. The van der Waals surface area contributed by atoms with Crippen LogP contribution in [0.1, 0.15) is 19.3 Å². The molecule has 1 saturated heterocycles. The Balaban J connectivity index is 1.90. The first-order chi connectivity index (χ1) is 8.16. The van der Waals surface area contributed by atoms with E-state index >= 15 is 0 Å². The Labute approximate surface area is 114 Å². The molecule has 1 aromatic rings. The van der Waals surface area contributed by atoms with Crippen LogP contribution in [0.4, 0.5) is 5.00 Å². The van der Waals surface area contributed by atoms with Crippen LogP contribution < -0.4 is 10.2 Å². The number of nitrogens with one attached hydrogen (secondary N) is 1. The molecule has 1 fully saturated rings. The number of carbonyl (C=O) groups excluding carboxylic acids is 1. The van der Waals surface area contributed by atoms with Gasteiger partial charge in [-0.2, -0.15) is 0 Å². The summed E-state index contributed by atoms with van der Waals surface area (Å²) in [5.41, 5.74) is 0. The number of hydrogen-bond acceptors (Lipinski definition) is 3. The van der Waals surface area contributed by atoms with Gasteiger partial charge in [-0.05, 0) is 59.9 Å². The third-order valence-electron chi connectivity index (χ3n) is 3.19. The molecule has 0 spiro atoms. The molecular formula is C12H17BrN2OS. The van der Waals surface area contributed by atoms with Crippen molar-refractivity contribution in [3.63, 3.8) is 0 Å². The zero-order valence-corrected chi connectivity index (χ0v) is 12.3. The van der Waals surface area contributed by atoms with Gasteiger partial charge in [0.1, 0.15) is 0 Å². The van der Waals surface area contributed by atoms with Crippen LogP contribution in [0.2, 0.25) is 0 Å². The molecule has 94 valence electrons. The van der Waals surface area contributed by atoms with Crippen LogP contribution in [-0.4, -0.2) is 26.0 Å². The molecule has 0 aliphatic carbocycles. The molecule has 2 rings (SSSR count). The van der Waals surface area contributed by atoms with Crippen molar-refractivity contribution in [1.29, 1.82) is 0 Å². The summed E-state index contributed by atoms with van der Waals surface area (Å²) >= 11 is 5.02. The SMILES string of the molecule is CN(C(=O)CC1CCNCC1)c1ccc(Br)s1. The highest BCUT2D eigenvalue weighted by molar-refractivity contribution is 9.11. The molecule has 1 N–H and O–H groups in total. The van der Waals surface area contributed by atoms with Crippen molar-refractivity contribution in [3.8, 4) is 0 Å². The number of thiophene rings is 1. The summed E-state index contributed by atoms with van der Waals surface area (Å²) in [7, 11) is 1.86. The lowest BCUT2D eigenvalue weighted by molar-refractivity contribution is -0.119. The van der Waals surface area contributed by atoms with Crippen molar-refractivity contribution in [2.24, 2.45) is 5.92 Å². The first kappa shape index (κ1) is 13.1. The minimum absolute atomic E-state index is 0.228. The third-order valence-corrected chi connectivity index (χ3v) is 4.89. The van der Waals surface area contributed by atoms with Crippen LogP contribution in [0, 0.1) is 5.92 Å². The Hall–Kier alpha value is -0.390. The van der Waals surface area contributed by atoms with Crippen LogP contribution in [0.3, 0.4) is 0 Å². The topological polar surface area (TPSA) is 32.3 Å². The minimum atomic E-state index is 0.228. The van der Waals surface area contributed by atoms with Gasteiger partial charge in [-0.15, -0.1) is 11.3 Å².